The van der Waals surface area contributed by atoms with Crippen LogP contribution in [0.5, 0.6) is 0 Å². The van der Waals surface area contributed by atoms with Crippen LogP contribution in [0.4, 0.5) is 0 Å². The third-order valence-corrected chi connectivity index (χ3v) is 2.66. The summed E-state index contributed by atoms with van der Waals surface area (Å²) in [5.74, 6) is 0.0602. The number of hydrogen-bond acceptors (Lipinski definition) is 3. The van der Waals surface area contributed by atoms with E-state index in [9.17, 15) is 4.79 Å². The Balaban J connectivity index is 2.33. The Morgan fingerprint density at radius 1 is 1.47 bits per heavy atom. The minimum absolute atomic E-state index is 0.0602. The maximum absolute atomic E-state index is 12.0. The van der Waals surface area contributed by atoms with Crippen molar-refractivity contribution in [3.63, 3.8) is 0 Å². The summed E-state index contributed by atoms with van der Waals surface area (Å²) in [6.07, 6.45) is 2.08. The van der Waals surface area contributed by atoms with Crippen molar-refractivity contribution < 1.29 is 4.79 Å². The van der Waals surface area contributed by atoms with Crippen molar-refractivity contribution in [3.05, 3.63) is 30.1 Å². The van der Waals surface area contributed by atoms with Crippen molar-refractivity contribution in [2.45, 2.75) is 25.8 Å². The Morgan fingerprint density at radius 2 is 2.18 bits per heavy atom. The first kappa shape index (κ1) is 11.8. The lowest BCUT2D eigenvalue weighted by Gasteiger charge is -2.16. The van der Waals surface area contributed by atoms with Gasteiger partial charge in [0.25, 0.3) is 0 Å². The molecule has 0 radical (unpaired) electrons. The van der Waals surface area contributed by atoms with Crippen LogP contribution in [0.15, 0.2) is 24.5 Å². The van der Waals surface area contributed by atoms with Crippen LogP contribution < -0.4 is 5.73 Å². The number of carbonyl (C=O) groups excluding carboxylic acids is 1. The van der Waals surface area contributed by atoms with Crippen molar-refractivity contribution >= 4 is 16.8 Å². The predicted octanol–water partition coefficient (Wildman–Crippen LogP) is 1.88. The van der Waals surface area contributed by atoms with Gasteiger partial charge in [0, 0.05) is 24.6 Å². The van der Waals surface area contributed by atoms with E-state index in [0.717, 1.165) is 11.0 Å². The summed E-state index contributed by atoms with van der Waals surface area (Å²) in [4.78, 5) is 16.2. The van der Waals surface area contributed by atoms with Gasteiger partial charge in [-0.2, -0.15) is 0 Å². The first-order valence-electron chi connectivity index (χ1n) is 5.60. The number of rotatable bonds is 3. The molecule has 0 saturated carbocycles. The average molecular weight is 231 g/mol. The molecule has 0 saturated heterocycles. The molecule has 1 aromatic heterocycles. The monoisotopic (exact) mass is 231 g/mol. The van der Waals surface area contributed by atoms with Crippen LogP contribution >= 0.6 is 0 Å². The van der Waals surface area contributed by atoms with Gasteiger partial charge in [0.05, 0.1) is 17.4 Å². The normalized spacial score (nSPS) is 12.0. The molecule has 1 heterocycles. The van der Waals surface area contributed by atoms with Crippen LogP contribution in [0.25, 0.3) is 11.0 Å². The highest BCUT2D eigenvalue weighted by Crippen LogP contribution is 2.17. The second kappa shape index (κ2) is 3.96. The smallest absolute Gasteiger partial charge is 0.164 e. The number of ketones is 1. The maximum Gasteiger partial charge on any atom is 0.164 e. The van der Waals surface area contributed by atoms with Crippen molar-refractivity contribution in [2.24, 2.45) is 12.8 Å². The number of carbonyl (C=O) groups is 1. The quantitative estimate of drug-likeness (QED) is 0.820. The van der Waals surface area contributed by atoms with Crippen molar-refractivity contribution in [1.82, 2.24) is 9.55 Å². The summed E-state index contributed by atoms with van der Waals surface area (Å²) in [7, 11) is 1.93. The molecule has 0 bridgehead atoms. The molecule has 90 valence electrons. The minimum atomic E-state index is -0.476. The van der Waals surface area contributed by atoms with E-state index in [4.69, 9.17) is 5.73 Å². The average Bonchev–Trinajstić information content (AvgIpc) is 2.57. The van der Waals surface area contributed by atoms with Gasteiger partial charge in [-0.25, -0.2) is 4.98 Å². The largest absolute Gasteiger partial charge is 0.334 e. The minimum Gasteiger partial charge on any atom is -0.334 e. The van der Waals surface area contributed by atoms with E-state index < -0.39 is 5.54 Å². The van der Waals surface area contributed by atoms with Crippen LogP contribution in [0.1, 0.15) is 30.6 Å². The van der Waals surface area contributed by atoms with Gasteiger partial charge in [-0.3, -0.25) is 4.79 Å². The molecule has 17 heavy (non-hydrogen) atoms. The number of aryl methyl sites for hydroxylation is 1. The molecule has 0 unspecified atom stereocenters. The molecule has 0 aliphatic carbocycles. The number of nitrogens with two attached hydrogens (primary N) is 1. The molecular weight excluding hydrogens is 214 g/mol. The van der Waals surface area contributed by atoms with Crippen LogP contribution in [-0.2, 0) is 7.05 Å². The van der Waals surface area contributed by atoms with Crippen LogP contribution in [0, 0.1) is 0 Å². The Kier molecular flexibility index (Phi) is 2.75. The Bertz CT molecular complexity index is 564. The number of benzene rings is 1. The fourth-order valence-electron chi connectivity index (χ4n) is 1.83. The van der Waals surface area contributed by atoms with Gasteiger partial charge in [0.15, 0.2) is 5.78 Å². The third kappa shape index (κ3) is 2.53. The van der Waals surface area contributed by atoms with Gasteiger partial charge < -0.3 is 10.3 Å². The topological polar surface area (TPSA) is 60.9 Å². The summed E-state index contributed by atoms with van der Waals surface area (Å²) in [5.41, 5.74) is 7.91. The zero-order valence-corrected chi connectivity index (χ0v) is 10.4. The van der Waals surface area contributed by atoms with E-state index in [2.05, 4.69) is 4.98 Å². The third-order valence-electron chi connectivity index (χ3n) is 2.66. The second-order valence-corrected chi connectivity index (χ2v) is 5.15. The SMILES string of the molecule is Cn1cnc2cc(C(=O)CC(C)(C)N)ccc21. The molecule has 0 aliphatic rings. The fraction of sp³-hybridized carbons (Fsp3) is 0.385. The van der Waals surface area contributed by atoms with Crippen LogP contribution in [0.3, 0.4) is 0 Å². The van der Waals surface area contributed by atoms with Crippen molar-refractivity contribution in [2.75, 3.05) is 0 Å². The highest BCUT2D eigenvalue weighted by atomic mass is 16.1. The van der Waals surface area contributed by atoms with Crippen molar-refractivity contribution in [1.29, 1.82) is 0 Å². The molecule has 0 atom stereocenters. The Labute approximate surface area is 100 Å². The molecule has 0 aliphatic heterocycles. The number of fused-ring (bicyclic) bond motifs is 1. The number of nitrogens with zero attached hydrogens (tertiary/aromatic N) is 2. The van der Waals surface area contributed by atoms with Gasteiger partial charge >= 0.3 is 0 Å². The van der Waals surface area contributed by atoms with Crippen molar-refractivity contribution in [3.8, 4) is 0 Å². The molecule has 1 aromatic carbocycles. The zero-order chi connectivity index (χ0) is 12.6. The predicted molar refractivity (Wildman–Crippen MR) is 67.9 cm³/mol. The molecule has 2 N–H and O–H groups in total. The van der Waals surface area contributed by atoms with E-state index in [-0.39, 0.29) is 5.78 Å². The standard InChI is InChI=1S/C13H17N3O/c1-13(2,14)7-12(17)9-4-5-11-10(6-9)15-8-16(11)3/h4-6,8H,7,14H2,1-3H3. The highest BCUT2D eigenvalue weighted by molar-refractivity contribution is 5.99. The lowest BCUT2D eigenvalue weighted by molar-refractivity contribution is 0.0960. The number of hydrogen-bond donors (Lipinski definition) is 1. The van der Waals surface area contributed by atoms with Gasteiger partial charge in [0.1, 0.15) is 0 Å². The second-order valence-electron chi connectivity index (χ2n) is 5.15. The van der Waals surface area contributed by atoms with Gasteiger partial charge in [0.2, 0.25) is 0 Å². The van der Waals surface area contributed by atoms with Gasteiger partial charge in [-0.05, 0) is 32.0 Å². The number of Topliss-reactive ketones (excluding diaryl/α,β-unsaturated/α-hetero) is 1. The molecule has 2 aromatic rings. The van der Waals surface area contributed by atoms with E-state index in [1.54, 1.807) is 6.33 Å². The molecular formula is C13H17N3O. The van der Waals surface area contributed by atoms with Crippen LogP contribution in [-0.4, -0.2) is 20.9 Å². The first-order chi connectivity index (χ1) is 7.87. The lowest BCUT2D eigenvalue weighted by atomic mass is 9.95. The van der Waals surface area contributed by atoms with E-state index >= 15 is 0 Å². The number of imidazole rings is 1. The van der Waals surface area contributed by atoms with E-state index in [0.29, 0.717) is 12.0 Å². The van der Waals surface area contributed by atoms with E-state index in [1.165, 1.54) is 0 Å². The van der Waals surface area contributed by atoms with E-state index in [1.807, 2.05) is 43.7 Å². The number of aromatic nitrogens is 2. The molecule has 2 rings (SSSR count). The lowest BCUT2D eigenvalue weighted by Crippen LogP contribution is -2.34. The fourth-order valence-corrected chi connectivity index (χ4v) is 1.83. The first-order valence-corrected chi connectivity index (χ1v) is 5.60. The summed E-state index contributed by atoms with van der Waals surface area (Å²) >= 11 is 0. The zero-order valence-electron chi connectivity index (χ0n) is 10.4. The molecule has 0 spiro atoms. The summed E-state index contributed by atoms with van der Waals surface area (Å²) in [6.45, 7) is 3.70. The Hall–Kier alpha value is -1.68. The Morgan fingerprint density at radius 3 is 2.82 bits per heavy atom. The van der Waals surface area contributed by atoms with Gasteiger partial charge in [-0.1, -0.05) is 0 Å². The molecule has 4 heteroatoms. The highest BCUT2D eigenvalue weighted by Gasteiger charge is 2.18. The summed E-state index contributed by atoms with van der Waals surface area (Å²) < 4.78 is 1.93. The molecule has 0 fully saturated rings. The van der Waals surface area contributed by atoms with Crippen LogP contribution in [0.2, 0.25) is 0 Å². The maximum atomic E-state index is 12.0. The summed E-state index contributed by atoms with van der Waals surface area (Å²) in [5, 5.41) is 0. The summed E-state index contributed by atoms with van der Waals surface area (Å²) in [6, 6.07) is 5.57. The van der Waals surface area contributed by atoms with Gasteiger partial charge in [-0.15, -0.1) is 0 Å². The molecule has 4 nitrogen and oxygen atoms in total. The molecule has 0 amide bonds.